The first-order valence-corrected chi connectivity index (χ1v) is 11.4. The van der Waals surface area contributed by atoms with Gasteiger partial charge in [-0.1, -0.05) is 60.3 Å². The molecule has 0 saturated carbocycles. The maximum atomic E-state index is 13.0. The van der Waals surface area contributed by atoms with Gasteiger partial charge in [0.15, 0.2) is 11.8 Å². The van der Waals surface area contributed by atoms with Crippen LogP contribution >= 0.6 is 11.8 Å². The number of halogens is 3. The number of ether oxygens (including phenoxy) is 1. The van der Waals surface area contributed by atoms with Crippen molar-refractivity contribution in [3.8, 4) is 16.9 Å². The number of nitrogens with zero attached hydrogens (tertiary/aromatic N) is 2. The number of amidine groups is 1. The Labute approximate surface area is 194 Å². The van der Waals surface area contributed by atoms with Crippen molar-refractivity contribution in [3.05, 3.63) is 84.4 Å². The summed E-state index contributed by atoms with van der Waals surface area (Å²) in [6, 6.07) is 22.1. The third kappa shape index (κ3) is 5.96. The van der Waals surface area contributed by atoms with Gasteiger partial charge in [0.2, 0.25) is 0 Å². The Morgan fingerprint density at radius 3 is 2.42 bits per heavy atom. The van der Waals surface area contributed by atoms with Crippen LogP contribution in [0.2, 0.25) is 0 Å². The second kappa shape index (κ2) is 10.1. The Morgan fingerprint density at radius 1 is 0.970 bits per heavy atom. The molecule has 3 aromatic carbocycles. The zero-order valence-electron chi connectivity index (χ0n) is 17.6. The maximum absolute atomic E-state index is 13.0. The van der Waals surface area contributed by atoms with Crippen LogP contribution in [0, 0.1) is 0 Å². The van der Waals surface area contributed by atoms with Crippen molar-refractivity contribution in [3.63, 3.8) is 0 Å². The largest absolute Gasteiger partial charge is 0.484 e. The third-order valence-corrected chi connectivity index (χ3v) is 6.07. The number of hydrogen-bond donors (Lipinski definition) is 0. The highest BCUT2D eigenvalue weighted by Gasteiger charge is 2.30. The van der Waals surface area contributed by atoms with Crippen LogP contribution in [-0.2, 0) is 11.0 Å². The molecule has 1 aliphatic heterocycles. The van der Waals surface area contributed by atoms with Crippen molar-refractivity contribution in [2.24, 2.45) is 4.99 Å². The van der Waals surface area contributed by atoms with Gasteiger partial charge in [0.1, 0.15) is 5.75 Å². The van der Waals surface area contributed by atoms with Crippen LogP contribution in [0.15, 0.2) is 83.9 Å². The van der Waals surface area contributed by atoms with E-state index in [9.17, 15) is 18.0 Å². The van der Waals surface area contributed by atoms with Crippen molar-refractivity contribution in [1.29, 1.82) is 0 Å². The number of benzene rings is 3. The summed E-state index contributed by atoms with van der Waals surface area (Å²) >= 11 is 1.35. The van der Waals surface area contributed by atoms with E-state index >= 15 is 0 Å². The maximum Gasteiger partial charge on any atom is 0.416 e. The van der Waals surface area contributed by atoms with E-state index in [-0.39, 0.29) is 18.2 Å². The fourth-order valence-electron chi connectivity index (χ4n) is 3.34. The number of carbonyl (C=O) groups excluding carboxylic acids is 1. The number of carbonyl (C=O) groups is 1. The van der Waals surface area contributed by atoms with Crippen molar-refractivity contribution in [1.82, 2.24) is 4.90 Å². The van der Waals surface area contributed by atoms with E-state index in [2.05, 4.69) is 4.99 Å². The predicted molar refractivity (Wildman–Crippen MR) is 125 cm³/mol. The normalized spacial score (nSPS) is 15.5. The van der Waals surface area contributed by atoms with Crippen LogP contribution in [-0.4, -0.2) is 34.9 Å². The SMILES string of the molecule is O=C(COc1ccc(-c2ccccc2)cc1)N1CCCSC1=Nc1cccc(C(F)(F)F)c1. The van der Waals surface area contributed by atoms with Gasteiger partial charge < -0.3 is 4.74 Å². The first-order chi connectivity index (χ1) is 15.9. The van der Waals surface area contributed by atoms with E-state index < -0.39 is 11.7 Å². The quantitative estimate of drug-likeness (QED) is 0.433. The highest BCUT2D eigenvalue weighted by molar-refractivity contribution is 8.13. The molecule has 170 valence electrons. The summed E-state index contributed by atoms with van der Waals surface area (Å²) in [5.41, 5.74) is 1.51. The van der Waals surface area contributed by atoms with E-state index in [1.165, 1.54) is 28.8 Å². The summed E-state index contributed by atoms with van der Waals surface area (Å²) in [4.78, 5) is 18.6. The molecule has 0 spiro atoms. The van der Waals surface area contributed by atoms with Gasteiger partial charge in [-0.2, -0.15) is 13.2 Å². The lowest BCUT2D eigenvalue weighted by Gasteiger charge is -2.27. The lowest BCUT2D eigenvalue weighted by Crippen LogP contribution is -2.41. The molecule has 0 radical (unpaired) electrons. The first-order valence-electron chi connectivity index (χ1n) is 10.4. The van der Waals surface area contributed by atoms with Crippen molar-refractivity contribution in [2.75, 3.05) is 18.9 Å². The van der Waals surface area contributed by atoms with Crippen LogP contribution in [0.1, 0.15) is 12.0 Å². The molecule has 0 atom stereocenters. The summed E-state index contributed by atoms with van der Waals surface area (Å²) in [5.74, 6) is 1.01. The monoisotopic (exact) mass is 470 g/mol. The van der Waals surface area contributed by atoms with Crippen LogP contribution in [0.25, 0.3) is 11.1 Å². The number of rotatable bonds is 5. The van der Waals surface area contributed by atoms with E-state index in [1.807, 2.05) is 42.5 Å². The second-order valence-electron chi connectivity index (χ2n) is 7.37. The molecule has 1 amide bonds. The van der Waals surface area contributed by atoms with Gasteiger partial charge in [0.25, 0.3) is 5.91 Å². The zero-order valence-corrected chi connectivity index (χ0v) is 18.4. The van der Waals surface area contributed by atoms with Crippen LogP contribution in [0.4, 0.5) is 18.9 Å². The molecular weight excluding hydrogens is 449 g/mol. The van der Waals surface area contributed by atoms with E-state index in [4.69, 9.17) is 4.74 Å². The van der Waals surface area contributed by atoms with Gasteiger partial charge >= 0.3 is 6.18 Å². The Bertz CT molecular complexity index is 1130. The number of thioether (sulfide) groups is 1. The Balaban J connectivity index is 1.43. The minimum Gasteiger partial charge on any atom is -0.484 e. The number of hydrogen-bond acceptors (Lipinski definition) is 4. The Kier molecular flexibility index (Phi) is 7.03. The summed E-state index contributed by atoms with van der Waals surface area (Å²) < 4.78 is 44.7. The molecule has 1 heterocycles. The second-order valence-corrected chi connectivity index (χ2v) is 8.43. The van der Waals surface area contributed by atoms with Crippen LogP contribution in [0.3, 0.4) is 0 Å². The molecule has 0 bridgehead atoms. The molecule has 3 aromatic rings. The fourth-order valence-corrected chi connectivity index (χ4v) is 4.32. The molecule has 1 saturated heterocycles. The molecule has 8 heteroatoms. The zero-order chi connectivity index (χ0) is 23.3. The van der Waals surface area contributed by atoms with E-state index in [1.54, 1.807) is 12.1 Å². The summed E-state index contributed by atoms with van der Waals surface area (Å²) in [7, 11) is 0. The van der Waals surface area contributed by atoms with Crippen LogP contribution in [0.5, 0.6) is 5.75 Å². The lowest BCUT2D eigenvalue weighted by molar-refractivity contribution is -0.137. The molecule has 1 fully saturated rings. The van der Waals surface area contributed by atoms with Crippen LogP contribution < -0.4 is 4.74 Å². The van der Waals surface area contributed by atoms with E-state index in [0.29, 0.717) is 17.5 Å². The minimum absolute atomic E-state index is 0.157. The Morgan fingerprint density at radius 2 is 1.70 bits per heavy atom. The van der Waals surface area contributed by atoms with Gasteiger partial charge in [-0.05, 0) is 47.9 Å². The van der Waals surface area contributed by atoms with Gasteiger partial charge in [-0.15, -0.1) is 0 Å². The Hall–Kier alpha value is -3.26. The molecular formula is C25H21F3N2O2S. The van der Waals surface area contributed by atoms with Crippen molar-refractivity contribution < 1.29 is 22.7 Å². The molecule has 0 aromatic heterocycles. The molecule has 4 rings (SSSR count). The van der Waals surface area contributed by atoms with Gasteiger partial charge in [-0.25, -0.2) is 4.99 Å². The molecule has 0 aliphatic carbocycles. The number of alkyl halides is 3. The molecule has 1 aliphatic rings. The fraction of sp³-hybridized carbons (Fsp3) is 0.200. The number of aliphatic imine (C=N–C) groups is 1. The van der Waals surface area contributed by atoms with E-state index in [0.717, 1.165) is 35.4 Å². The highest BCUT2D eigenvalue weighted by atomic mass is 32.2. The predicted octanol–water partition coefficient (Wildman–Crippen LogP) is 6.40. The average Bonchev–Trinajstić information content (AvgIpc) is 2.83. The highest BCUT2D eigenvalue weighted by Crippen LogP contribution is 2.32. The topological polar surface area (TPSA) is 41.9 Å². The van der Waals surface area contributed by atoms with Crippen molar-refractivity contribution in [2.45, 2.75) is 12.6 Å². The first kappa shape index (κ1) is 22.9. The van der Waals surface area contributed by atoms with Crippen molar-refractivity contribution >= 4 is 28.5 Å². The molecule has 33 heavy (non-hydrogen) atoms. The lowest BCUT2D eigenvalue weighted by atomic mass is 10.1. The third-order valence-electron chi connectivity index (χ3n) is 5.01. The van der Waals surface area contributed by atoms with Gasteiger partial charge in [-0.3, -0.25) is 9.69 Å². The standard InChI is InChI=1S/C25H21F3N2O2S/c26-25(27,28)20-8-4-9-21(16-20)29-24-30(14-5-15-33-24)23(31)17-32-22-12-10-19(11-13-22)18-6-2-1-3-7-18/h1-4,6-13,16H,5,14-15,17H2. The van der Waals surface area contributed by atoms with Gasteiger partial charge in [0.05, 0.1) is 11.3 Å². The van der Waals surface area contributed by atoms with Gasteiger partial charge in [0, 0.05) is 12.3 Å². The smallest absolute Gasteiger partial charge is 0.416 e. The molecule has 0 unspecified atom stereocenters. The summed E-state index contributed by atoms with van der Waals surface area (Å²) in [6.07, 6.45) is -3.68. The summed E-state index contributed by atoms with van der Waals surface area (Å²) in [5, 5.41) is 0.383. The molecule has 4 nitrogen and oxygen atoms in total. The average molecular weight is 471 g/mol. The minimum atomic E-state index is -4.45. The number of amides is 1. The summed E-state index contributed by atoms with van der Waals surface area (Å²) in [6.45, 7) is 0.257. The molecule has 0 N–H and O–H groups in total.